The van der Waals surface area contributed by atoms with Crippen LogP contribution in [-0.2, 0) is 9.53 Å². The van der Waals surface area contributed by atoms with Crippen LogP contribution in [0.1, 0.15) is 46.5 Å². The van der Waals surface area contributed by atoms with E-state index in [0.717, 1.165) is 45.4 Å². The average molecular weight is 254 g/mol. The van der Waals surface area contributed by atoms with Crippen LogP contribution in [0.3, 0.4) is 0 Å². The molecule has 2 rings (SSSR count). The van der Waals surface area contributed by atoms with E-state index >= 15 is 0 Å². The van der Waals surface area contributed by atoms with Gasteiger partial charge < -0.3 is 9.64 Å². The van der Waals surface area contributed by atoms with E-state index in [9.17, 15) is 4.79 Å². The highest BCUT2D eigenvalue weighted by atomic mass is 16.5. The second-order valence-electron chi connectivity index (χ2n) is 5.82. The van der Waals surface area contributed by atoms with E-state index in [0.29, 0.717) is 5.92 Å². The van der Waals surface area contributed by atoms with E-state index in [-0.39, 0.29) is 17.6 Å². The van der Waals surface area contributed by atoms with Crippen LogP contribution in [0.5, 0.6) is 0 Å². The summed E-state index contributed by atoms with van der Waals surface area (Å²) in [6.45, 7) is 8.80. The van der Waals surface area contributed by atoms with E-state index < -0.39 is 0 Å². The Bertz CT molecular complexity index is 302. The van der Waals surface area contributed by atoms with Gasteiger partial charge in [0.15, 0.2) is 0 Å². The maximum absolute atomic E-state index is 12.6. The number of hydrogen-bond donors (Lipinski definition) is 1. The van der Waals surface area contributed by atoms with Gasteiger partial charge in [0.2, 0.25) is 5.91 Å². The number of nitrogens with one attached hydrogen (secondary N) is 1. The lowest BCUT2D eigenvalue weighted by atomic mass is 9.99. The normalized spacial score (nSPS) is 36.6. The molecular formula is C14H26N2O2. The number of nitrogens with zero attached hydrogens (tertiary/aromatic N) is 1. The number of rotatable bonds is 5. The van der Waals surface area contributed by atoms with E-state index in [4.69, 9.17) is 4.74 Å². The molecule has 0 aromatic carbocycles. The summed E-state index contributed by atoms with van der Waals surface area (Å²) in [5, 5.41) is 3.53. The largest absolute Gasteiger partial charge is 0.381 e. The van der Waals surface area contributed by atoms with Crippen molar-refractivity contribution in [2.75, 3.05) is 19.8 Å². The lowest BCUT2D eigenvalue weighted by Crippen LogP contribution is -2.43. The molecule has 2 aliphatic heterocycles. The van der Waals surface area contributed by atoms with Gasteiger partial charge in [0.25, 0.3) is 0 Å². The second-order valence-corrected chi connectivity index (χ2v) is 5.82. The third-order valence-corrected chi connectivity index (χ3v) is 4.34. The third-order valence-electron chi connectivity index (χ3n) is 4.34. The summed E-state index contributed by atoms with van der Waals surface area (Å²) in [4.78, 5) is 14.6. The maximum Gasteiger partial charge on any atom is 0.243 e. The molecule has 0 saturated carbocycles. The van der Waals surface area contributed by atoms with Crippen LogP contribution in [0, 0.1) is 5.92 Å². The quantitative estimate of drug-likeness (QED) is 0.812. The monoisotopic (exact) mass is 254 g/mol. The van der Waals surface area contributed by atoms with Crippen LogP contribution in [0.4, 0.5) is 0 Å². The first kappa shape index (κ1) is 13.8. The van der Waals surface area contributed by atoms with Crippen LogP contribution in [0.15, 0.2) is 0 Å². The molecule has 1 N–H and O–H groups in total. The van der Waals surface area contributed by atoms with Crippen molar-refractivity contribution in [3.8, 4) is 0 Å². The Morgan fingerprint density at radius 1 is 1.50 bits per heavy atom. The molecule has 0 spiro atoms. The van der Waals surface area contributed by atoms with E-state index in [1.54, 1.807) is 0 Å². The fraction of sp³-hybridized carbons (Fsp3) is 0.929. The Morgan fingerprint density at radius 3 is 2.83 bits per heavy atom. The van der Waals surface area contributed by atoms with Crippen LogP contribution < -0.4 is 5.32 Å². The minimum atomic E-state index is -0.362. The molecular weight excluding hydrogens is 228 g/mol. The van der Waals surface area contributed by atoms with Crippen molar-refractivity contribution in [1.82, 2.24) is 10.2 Å². The molecule has 2 fully saturated rings. The highest BCUT2D eigenvalue weighted by Crippen LogP contribution is 2.28. The van der Waals surface area contributed by atoms with Crippen molar-refractivity contribution >= 4 is 5.91 Å². The zero-order valence-electron chi connectivity index (χ0n) is 11.9. The Hall–Kier alpha value is -0.610. The first-order chi connectivity index (χ1) is 8.60. The van der Waals surface area contributed by atoms with Crippen molar-refractivity contribution < 1.29 is 9.53 Å². The van der Waals surface area contributed by atoms with Crippen molar-refractivity contribution in [1.29, 1.82) is 0 Å². The lowest BCUT2D eigenvalue weighted by molar-refractivity contribution is -0.133. The molecule has 0 aromatic heterocycles. The number of ether oxygens (including phenoxy) is 1. The van der Waals surface area contributed by atoms with Gasteiger partial charge in [-0.1, -0.05) is 20.3 Å². The predicted molar refractivity (Wildman–Crippen MR) is 71.2 cm³/mol. The summed E-state index contributed by atoms with van der Waals surface area (Å²) in [5.41, 5.74) is -0.362. The van der Waals surface area contributed by atoms with Crippen LogP contribution in [0.2, 0.25) is 0 Å². The SMILES string of the molecule is CCCC1NC(C)(CC)C(=O)N1CC1CCOC1. The smallest absolute Gasteiger partial charge is 0.243 e. The number of amides is 1. The molecule has 0 bridgehead atoms. The molecule has 0 radical (unpaired) electrons. The van der Waals surface area contributed by atoms with Gasteiger partial charge in [0, 0.05) is 19.1 Å². The molecule has 4 heteroatoms. The summed E-state index contributed by atoms with van der Waals surface area (Å²) in [7, 11) is 0. The van der Waals surface area contributed by atoms with E-state index in [1.807, 2.05) is 6.92 Å². The molecule has 2 saturated heterocycles. The Balaban J connectivity index is 2.06. The van der Waals surface area contributed by atoms with E-state index in [1.165, 1.54) is 0 Å². The van der Waals surface area contributed by atoms with Crippen molar-refractivity contribution in [3.63, 3.8) is 0 Å². The summed E-state index contributed by atoms with van der Waals surface area (Å²) < 4.78 is 5.42. The fourth-order valence-electron chi connectivity index (χ4n) is 2.94. The van der Waals surface area contributed by atoms with Crippen molar-refractivity contribution in [2.24, 2.45) is 5.92 Å². The summed E-state index contributed by atoms with van der Waals surface area (Å²) in [6, 6.07) is 0. The van der Waals surface area contributed by atoms with Gasteiger partial charge in [-0.2, -0.15) is 0 Å². The van der Waals surface area contributed by atoms with Crippen LogP contribution >= 0.6 is 0 Å². The molecule has 0 aromatic rings. The van der Waals surface area contributed by atoms with Crippen molar-refractivity contribution in [2.45, 2.75) is 58.2 Å². The van der Waals surface area contributed by atoms with Gasteiger partial charge >= 0.3 is 0 Å². The van der Waals surface area contributed by atoms with Gasteiger partial charge in [0.1, 0.15) is 0 Å². The molecule has 3 unspecified atom stereocenters. The van der Waals surface area contributed by atoms with Crippen LogP contribution in [-0.4, -0.2) is 42.3 Å². The van der Waals surface area contributed by atoms with Gasteiger partial charge in [0.05, 0.1) is 18.3 Å². The number of carbonyl (C=O) groups is 1. The van der Waals surface area contributed by atoms with Gasteiger partial charge in [-0.25, -0.2) is 0 Å². The molecule has 3 atom stereocenters. The zero-order chi connectivity index (χ0) is 13.2. The Kier molecular flexibility index (Phi) is 4.28. The molecule has 0 aliphatic carbocycles. The number of hydrogen-bond acceptors (Lipinski definition) is 3. The summed E-state index contributed by atoms with van der Waals surface area (Å²) >= 11 is 0. The van der Waals surface area contributed by atoms with Crippen molar-refractivity contribution in [3.05, 3.63) is 0 Å². The minimum Gasteiger partial charge on any atom is -0.381 e. The topological polar surface area (TPSA) is 41.6 Å². The minimum absolute atomic E-state index is 0.216. The molecule has 4 nitrogen and oxygen atoms in total. The molecule has 2 aliphatic rings. The van der Waals surface area contributed by atoms with E-state index in [2.05, 4.69) is 24.1 Å². The summed E-state index contributed by atoms with van der Waals surface area (Å²) in [5.74, 6) is 0.796. The fourth-order valence-corrected chi connectivity index (χ4v) is 2.94. The standard InChI is InChI=1S/C14H26N2O2/c1-4-6-12-15-14(3,5-2)13(17)16(12)9-11-7-8-18-10-11/h11-12,15H,4-10H2,1-3H3. The first-order valence-corrected chi connectivity index (χ1v) is 7.27. The Morgan fingerprint density at radius 2 is 2.28 bits per heavy atom. The van der Waals surface area contributed by atoms with Gasteiger partial charge in [-0.3, -0.25) is 10.1 Å². The van der Waals surface area contributed by atoms with Gasteiger partial charge in [-0.05, 0) is 26.2 Å². The summed E-state index contributed by atoms with van der Waals surface area (Å²) in [6.07, 6.45) is 4.29. The lowest BCUT2D eigenvalue weighted by Gasteiger charge is -2.26. The van der Waals surface area contributed by atoms with Gasteiger partial charge in [-0.15, -0.1) is 0 Å². The molecule has 18 heavy (non-hydrogen) atoms. The zero-order valence-corrected chi connectivity index (χ0v) is 11.9. The predicted octanol–water partition coefficient (Wildman–Crippen LogP) is 1.75. The highest BCUT2D eigenvalue weighted by molar-refractivity contribution is 5.88. The Labute approximate surface area is 110 Å². The third kappa shape index (κ3) is 2.54. The van der Waals surface area contributed by atoms with Crippen LogP contribution in [0.25, 0.3) is 0 Å². The maximum atomic E-state index is 12.6. The average Bonchev–Trinajstić information content (AvgIpc) is 2.94. The highest BCUT2D eigenvalue weighted by Gasteiger charge is 2.46. The molecule has 104 valence electrons. The first-order valence-electron chi connectivity index (χ1n) is 7.27. The molecule has 1 amide bonds. The molecule has 2 heterocycles. The number of carbonyl (C=O) groups excluding carboxylic acids is 1. The second kappa shape index (κ2) is 5.57.